The van der Waals surface area contributed by atoms with Crippen LogP contribution in [0.15, 0.2) is 12.1 Å². The molecule has 0 bridgehead atoms. The van der Waals surface area contributed by atoms with Gasteiger partial charge in [0, 0.05) is 17.7 Å². The largest absolute Gasteiger partial charge is 0.508 e. The van der Waals surface area contributed by atoms with Crippen molar-refractivity contribution in [3.05, 3.63) is 29.3 Å². The van der Waals surface area contributed by atoms with Crippen molar-refractivity contribution in [2.75, 3.05) is 0 Å². The first-order valence-electron chi connectivity index (χ1n) is 2.88. The Morgan fingerprint density at radius 3 is 2.09 bits per heavy atom. The van der Waals surface area contributed by atoms with E-state index < -0.39 is 17.4 Å². The first-order chi connectivity index (χ1) is 5.15. The topological polar surface area (TPSA) is 20.2 Å². The zero-order valence-electron chi connectivity index (χ0n) is 5.44. The Morgan fingerprint density at radius 2 is 1.73 bits per heavy atom. The van der Waals surface area contributed by atoms with E-state index in [9.17, 15) is 8.78 Å². The second-order valence-corrected chi connectivity index (χ2v) is 2.29. The summed E-state index contributed by atoms with van der Waals surface area (Å²) in [5, 5.41) is 8.69. The van der Waals surface area contributed by atoms with Crippen LogP contribution in [0.3, 0.4) is 0 Å². The molecule has 1 aromatic rings. The Bertz CT molecular complexity index is 252. The van der Waals surface area contributed by atoms with Crippen LogP contribution >= 0.6 is 11.6 Å². The standard InChI is InChI=1S/C7H5ClF2O/c8-3-5-6(9)1-4(11)2-7(5)10/h1-2,11H,3H2. The second-order valence-electron chi connectivity index (χ2n) is 2.02. The lowest BCUT2D eigenvalue weighted by molar-refractivity contribution is 0.458. The van der Waals surface area contributed by atoms with Gasteiger partial charge in [0.15, 0.2) is 0 Å². The highest BCUT2D eigenvalue weighted by Gasteiger charge is 2.08. The molecule has 0 spiro atoms. The van der Waals surface area contributed by atoms with Gasteiger partial charge in [-0.05, 0) is 0 Å². The monoisotopic (exact) mass is 178 g/mol. The number of halogens is 3. The molecular weight excluding hydrogens is 174 g/mol. The van der Waals surface area contributed by atoms with Gasteiger partial charge in [-0.2, -0.15) is 0 Å². The van der Waals surface area contributed by atoms with Gasteiger partial charge in [0.2, 0.25) is 0 Å². The molecule has 0 fully saturated rings. The van der Waals surface area contributed by atoms with Crippen molar-refractivity contribution in [3.63, 3.8) is 0 Å². The van der Waals surface area contributed by atoms with Crippen LogP contribution in [0.2, 0.25) is 0 Å². The van der Waals surface area contributed by atoms with Gasteiger partial charge in [0.1, 0.15) is 17.4 Å². The van der Waals surface area contributed by atoms with E-state index in [2.05, 4.69) is 0 Å². The summed E-state index contributed by atoms with van der Waals surface area (Å²) in [6, 6.07) is 1.64. The SMILES string of the molecule is Oc1cc(F)c(CCl)c(F)c1. The molecule has 0 heterocycles. The fourth-order valence-electron chi connectivity index (χ4n) is 0.717. The van der Waals surface area contributed by atoms with Crippen LogP contribution in [0.4, 0.5) is 8.78 Å². The minimum atomic E-state index is -0.822. The fraction of sp³-hybridized carbons (Fsp3) is 0.143. The Kier molecular flexibility index (Phi) is 2.29. The summed E-state index contributed by atoms with van der Waals surface area (Å²) in [7, 11) is 0. The van der Waals surface area contributed by atoms with Crippen LogP contribution in [0.1, 0.15) is 5.56 Å². The summed E-state index contributed by atoms with van der Waals surface area (Å²) < 4.78 is 25.3. The molecule has 0 aliphatic carbocycles. The zero-order valence-corrected chi connectivity index (χ0v) is 6.20. The first kappa shape index (κ1) is 8.27. The molecule has 0 aliphatic rings. The van der Waals surface area contributed by atoms with Gasteiger partial charge in [-0.1, -0.05) is 0 Å². The molecule has 1 nitrogen and oxygen atoms in total. The van der Waals surface area contributed by atoms with Crippen molar-refractivity contribution in [1.29, 1.82) is 0 Å². The van der Waals surface area contributed by atoms with Gasteiger partial charge in [0.25, 0.3) is 0 Å². The third-order valence-corrected chi connectivity index (χ3v) is 1.53. The Balaban J connectivity index is 3.25. The number of phenols is 1. The van der Waals surface area contributed by atoms with E-state index in [4.69, 9.17) is 16.7 Å². The van der Waals surface area contributed by atoms with Crippen LogP contribution in [0.5, 0.6) is 5.75 Å². The van der Waals surface area contributed by atoms with Crippen LogP contribution in [0.25, 0.3) is 0 Å². The molecule has 1 N–H and O–H groups in total. The molecule has 0 amide bonds. The fourth-order valence-corrected chi connectivity index (χ4v) is 0.973. The summed E-state index contributed by atoms with van der Waals surface area (Å²) in [6.45, 7) is 0. The number of aromatic hydroxyl groups is 1. The van der Waals surface area contributed by atoms with Gasteiger partial charge in [-0.25, -0.2) is 8.78 Å². The van der Waals surface area contributed by atoms with Crippen molar-refractivity contribution >= 4 is 11.6 Å². The molecule has 60 valence electrons. The molecule has 1 aromatic carbocycles. The second kappa shape index (κ2) is 3.05. The third kappa shape index (κ3) is 1.60. The van der Waals surface area contributed by atoms with Crippen LogP contribution in [-0.4, -0.2) is 5.11 Å². The number of hydrogen-bond acceptors (Lipinski definition) is 1. The Hall–Kier alpha value is -0.830. The molecule has 0 radical (unpaired) electrons. The summed E-state index contributed by atoms with van der Waals surface area (Å²) in [5.74, 6) is -2.32. The zero-order chi connectivity index (χ0) is 8.43. The minimum Gasteiger partial charge on any atom is -0.508 e. The molecule has 0 unspecified atom stereocenters. The Morgan fingerprint density at radius 1 is 1.27 bits per heavy atom. The molecule has 1 rings (SSSR count). The maximum absolute atomic E-state index is 12.6. The maximum atomic E-state index is 12.6. The Labute approximate surface area is 67.2 Å². The molecule has 4 heteroatoms. The lowest BCUT2D eigenvalue weighted by Crippen LogP contribution is -1.91. The smallest absolute Gasteiger partial charge is 0.134 e. The molecule has 0 saturated heterocycles. The van der Waals surface area contributed by atoms with E-state index in [0.29, 0.717) is 0 Å². The molecule has 0 aliphatic heterocycles. The summed E-state index contributed by atoms with van der Waals surface area (Å²) in [4.78, 5) is 0. The lowest BCUT2D eigenvalue weighted by Gasteiger charge is -2.00. The number of benzene rings is 1. The summed E-state index contributed by atoms with van der Waals surface area (Å²) in [6.07, 6.45) is 0. The van der Waals surface area contributed by atoms with Gasteiger partial charge in [-0.3, -0.25) is 0 Å². The highest BCUT2D eigenvalue weighted by molar-refractivity contribution is 6.17. The number of alkyl halides is 1. The number of phenolic OH excluding ortho intramolecular Hbond substituents is 1. The van der Waals surface area contributed by atoms with E-state index >= 15 is 0 Å². The predicted molar refractivity (Wildman–Crippen MR) is 37.6 cm³/mol. The van der Waals surface area contributed by atoms with Crippen LogP contribution < -0.4 is 0 Å². The first-order valence-corrected chi connectivity index (χ1v) is 3.41. The maximum Gasteiger partial charge on any atom is 0.134 e. The normalized spacial score (nSPS) is 10.1. The van der Waals surface area contributed by atoms with Gasteiger partial charge < -0.3 is 5.11 Å². The third-order valence-electron chi connectivity index (χ3n) is 1.26. The quantitative estimate of drug-likeness (QED) is 0.655. The summed E-state index contributed by atoms with van der Waals surface area (Å²) >= 11 is 5.23. The van der Waals surface area contributed by atoms with E-state index in [1.807, 2.05) is 0 Å². The van der Waals surface area contributed by atoms with Gasteiger partial charge >= 0.3 is 0 Å². The highest BCUT2D eigenvalue weighted by atomic mass is 35.5. The number of hydrogen-bond donors (Lipinski definition) is 1. The minimum absolute atomic E-state index is 0.218. The van der Waals surface area contributed by atoms with Crippen molar-refractivity contribution in [2.24, 2.45) is 0 Å². The lowest BCUT2D eigenvalue weighted by atomic mass is 10.2. The van der Waals surface area contributed by atoms with E-state index in [1.54, 1.807) is 0 Å². The predicted octanol–water partition coefficient (Wildman–Crippen LogP) is 2.41. The van der Waals surface area contributed by atoms with Gasteiger partial charge in [-0.15, -0.1) is 11.6 Å². The van der Waals surface area contributed by atoms with E-state index in [-0.39, 0.29) is 11.4 Å². The van der Waals surface area contributed by atoms with E-state index in [0.717, 1.165) is 12.1 Å². The molecule has 0 aromatic heterocycles. The van der Waals surface area contributed by atoms with Crippen LogP contribution in [0, 0.1) is 11.6 Å². The van der Waals surface area contributed by atoms with Crippen LogP contribution in [-0.2, 0) is 5.88 Å². The number of rotatable bonds is 1. The van der Waals surface area contributed by atoms with Crippen molar-refractivity contribution in [1.82, 2.24) is 0 Å². The van der Waals surface area contributed by atoms with Crippen molar-refractivity contribution < 1.29 is 13.9 Å². The van der Waals surface area contributed by atoms with E-state index in [1.165, 1.54) is 0 Å². The highest BCUT2D eigenvalue weighted by Crippen LogP contribution is 2.20. The molecular formula is C7H5ClF2O. The molecule has 0 saturated carbocycles. The van der Waals surface area contributed by atoms with Crippen molar-refractivity contribution in [3.8, 4) is 5.75 Å². The van der Waals surface area contributed by atoms with Crippen molar-refractivity contribution in [2.45, 2.75) is 5.88 Å². The molecule has 0 atom stereocenters. The molecule has 11 heavy (non-hydrogen) atoms. The van der Waals surface area contributed by atoms with Gasteiger partial charge in [0.05, 0.1) is 5.88 Å². The average Bonchev–Trinajstić information content (AvgIpc) is 1.85. The summed E-state index contributed by atoms with van der Waals surface area (Å²) in [5.41, 5.74) is -0.218. The average molecular weight is 179 g/mol.